The zero-order valence-electron chi connectivity index (χ0n) is 10.1. The van der Waals surface area contributed by atoms with E-state index in [1.807, 2.05) is 12.2 Å². The molecule has 0 rings (SSSR count). The van der Waals surface area contributed by atoms with Crippen LogP contribution in [-0.4, -0.2) is 11.6 Å². The molecule has 1 heteroatoms. The first-order chi connectivity index (χ1) is 6.43. The van der Waals surface area contributed by atoms with Crippen LogP contribution in [0.15, 0.2) is 25.3 Å². The third-order valence-electron chi connectivity index (χ3n) is 2.46. The lowest BCUT2D eigenvalue weighted by atomic mass is 9.94. The molecule has 0 aromatic heterocycles. The van der Waals surface area contributed by atoms with Crippen molar-refractivity contribution in [1.29, 1.82) is 0 Å². The van der Waals surface area contributed by atoms with Crippen LogP contribution < -0.4 is 5.32 Å². The maximum atomic E-state index is 3.80. The van der Waals surface area contributed by atoms with Gasteiger partial charge >= 0.3 is 0 Å². The molecule has 0 aliphatic rings. The van der Waals surface area contributed by atoms with E-state index in [-0.39, 0.29) is 5.54 Å². The molecule has 0 bridgehead atoms. The molecule has 0 amide bonds. The second-order valence-electron chi connectivity index (χ2n) is 4.90. The highest BCUT2D eigenvalue weighted by atomic mass is 15.0. The Labute approximate surface area is 89.3 Å². The van der Waals surface area contributed by atoms with E-state index < -0.39 is 0 Å². The minimum absolute atomic E-state index is 0.139. The first-order valence-corrected chi connectivity index (χ1v) is 5.42. The normalized spacial score (nSPS) is 14.1. The van der Waals surface area contributed by atoms with Gasteiger partial charge in [-0.05, 0) is 32.6 Å². The maximum Gasteiger partial charge on any atom is 0.0162 e. The van der Waals surface area contributed by atoms with Gasteiger partial charge in [0.05, 0.1) is 0 Å². The highest BCUT2D eigenvalue weighted by Crippen LogP contribution is 2.15. The molecule has 0 aromatic rings. The lowest BCUT2D eigenvalue weighted by Crippen LogP contribution is -2.47. The molecule has 0 radical (unpaired) electrons. The smallest absolute Gasteiger partial charge is 0.0162 e. The predicted molar refractivity (Wildman–Crippen MR) is 65.5 cm³/mol. The summed E-state index contributed by atoms with van der Waals surface area (Å²) in [4.78, 5) is 0. The standard InChI is InChI=1S/C13H25N/c1-7-9-12(11(3)4)14-13(5,6)10-8-2/h7-8,11-12,14H,1-2,9-10H2,3-6H3. The van der Waals surface area contributed by atoms with E-state index in [1.165, 1.54) is 0 Å². The summed E-state index contributed by atoms with van der Waals surface area (Å²) < 4.78 is 0. The van der Waals surface area contributed by atoms with Crippen molar-refractivity contribution in [3.63, 3.8) is 0 Å². The van der Waals surface area contributed by atoms with Gasteiger partial charge in [0, 0.05) is 11.6 Å². The quantitative estimate of drug-likeness (QED) is 0.613. The molecular weight excluding hydrogens is 170 g/mol. The van der Waals surface area contributed by atoms with Crippen molar-refractivity contribution in [2.75, 3.05) is 0 Å². The summed E-state index contributed by atoms with van der Waals surface area (Å²) in [6.45, 7) is 16.5. The third-order valence-corrected chi connectivity index (χ3v) is 2.46. The molecular formula is C13H25N. The first kappa shape index (κ1) is 13.4. The lowest BCUT2D eigenvalue weighted by molar-refractivity contribution is 0.288. The molecule has 0 aromatic carbocycles. The Kier molecular flexibility index (Phi) is 5.78. The van der Waals surface area contributed by atoms with Gasteiger partial charge < -0.3 is 5.32 Å². The number of hydrogen-bond acceptors (Lipinski definition) is 1. The molecule has 0 saturated heterocycles. The molecule has 1 nitrogen and oxygen atoms in total. The summed E-state index contributed by atoms with van der Waals surface area (Å²) in [7, 11) is 0. The summed E-state index contributed by atoms with van der Waals surface area (Å²) >= 11 is 0. The molecule has 0 aliphatic heterocycles. The van der Waals surface area contributed by atoms with E-state index in [0.29, 0.717) is 12.0 Å². The van der Waals surface area contributed by atoms with Crippen molar-refractivity contribution in [2.45, 2.75) is 52.1 Å². The van der Waals surface area contributed by atoms with Gasteiger partial charge in [0.15, 0.2) is 0 Å². The highest BCUT2D eigenvalue weighted by molar-refractivity contribution is 4.91. The van der Waals surface area contributed by atoms with Crippen LogP contribution in [0.5, 0.6) is 0 Å². The second-order valence-corrected chi connectivity index (χ2v) is 4.90. The Morgan fingerprint density at radius 3 is 2.14 bits per heavy atom. The molecule has 82 valence electrons. The molecule has 1 atom stereocenters. The summed E-state index contributed by atoms with van der Waals surface area (Å²) in [5, 5.41) is 3.65. The van der Waals surface area contributed by atoms with Gasteiger partial charge in [0.25, 0.3) is 0 Å². The average Bonchev–Trinajstić information content (AvgIpc) is 2.02. The fourth-order valence-electron chi connectivity index (χ4n) is 1.60. The second kappa shape index (κ2) is 6.02. The Morgan fingerprint density at radius 1 is 1.21 bits per heavy atom. The average molecular weight is 195 g/mol. The largest absolute Gasteiger partial charge is 0.308 e. The van der Waals surface area contributed by atoms with E-state index in [0.717, 1.165) is 12.8 Å². The van der Waals surface area contributed by atoms with E-state index in [4.69, 9.17) is 0 Å². The Morgan fingerprint density at radius 2 is 1.79 bits per heavy atom. The molecule has 0 heterocycles. The minimum Gasteiger partial charge on any atom is -0.308 e. The van der Waals surface area contributed by atoms with Gasteiger partial charge in [-0.1, -0.05) is 26.0 Å². The van der Waals surface area contributed by atoms with Crippen molar-refractivity contribution in [2.24, 2.45) is 5.92 Å². The summed E-state index contributed by atoms with van der Waals surface area (Å²) in [6.07, 6.45) is 5.98. The Balaban J connectivity index is 4.26. The van der Waals surface area contributed by atoms with Crippen LogP contribution in [0.2, 0.25) is 0 Å². The van der Waals surface area contributed by atoms with Gasteiger partial charge in [-0.15, -0.1) is 13.2 Å². The van der Waals surface area contributed by atoms with Crippen LogP contribution in [0.4, 0.5) is 0 Å². The van der Waals surface area contributed by atoms with Gasteiger partial charge in [0.1, 0.15) is 0 Å². The van der Waals surface area contributed by atoms with Crippen molar-refractivity contribution >= 4 is 0 Å². The number of rotatable bonds is 7. The fraction of sp³-hybridized carbons (Fsp3) is 0.692. The number of nitrogens with one attached hydrogen (secondary N) is 1. The van der Waals surface area contributed by atoms with Crippen molar-refractivity contribution in [1.82, 2.24) is 5.32 Å². The molecule has 0 spiro atoms. The SMILES string of the molecule is C=CCC(NC(C)(C)CC=C)C(C)C. The van der Waals surface area contributed by atoms with E-state index in [2.05, 4.69) is 46.2 Å². The third kappa shape index (κ3) is 5.23. The van der Waals surface area contributed by atoms with Crippen LogP contribution in [-0.2, 0) is 0 Å². The maximum absolute atomic E-state index is 3.80. The van der Waals surface area contributed by atoms with E-state index >= 15 is 0 Å². The van der Waals surface area contributed by atoms with Crippen molar-refractivity contribution < 1.29 is 0 Å². The molecule has 0 fully saturated rings. The molecule has 1 unspecified atom stereocenters. The fourth-order valence-corrected chi connectivity index (χ4v) is 1.60. The van der Waals surface area contributed by atoms with Gasteiger partial charge in [-0.25, -0.2) is 0 Å². The predicted octanol–water partition coefficient (Wildman–Crippen LogP) is 3.53. The van der Waals surface area contributed by atoms with Gasteiger partial charge in [0.2, 0.25) is 0 Å². The first-order valence-electron chi connectivity index (χ1n) is 5.42. The minimum atomic E-state index is 0.139. The van der Waals surface area contributed by atoms with E-state index in [1.54, 1.807) is 0 Å². The monoisotopic (exact) mass is 195 g/mol. The Bertz CT molecular complexity index is 180. The topological polar surface area (TPSA) is 12.0 Å². The van der Waals surface area contributed by atoms with Crippen LogP contribution in [0.1, 0.15) is 40.5 Å². The lowest BCUT2D eigenvalue weighted by Gasteiger charge is -2.33. The molecule has 1 N–H and O–H groups in total. The summed E-state index contributed by atoms with van der Waals surface area (Å²) in [6, 6.07) is 0.516. The van der Waals surface area contributed by atoms with Crippen LogP contribution in [0.3, 0.4) is 0 Å². The van der Waals surface area contributed by atoms with Crippen molar-refractivity contribution in [3.05, 3.63) is 25.3 Å². The van der Waals surface area contributed by atoms with E-state index in [9.17, 15) is 0 Å². The zero-order chi connectivity index (χ0) is 11.2. The Hall–Kier alpha value is -0.560. The van der Waals surface area contributed by atoms with Crippen LogP contribution in [0.25, 0.3) is 0 Å². The van der Waals surface area contributed by atoms with Crippen LogP contribution >= 0.6 is 0 Å². The highest BCUT2D eigenvalue weighted by Gasteiger charge is 2.21. The number of hydrogen-bond donors (Lipinski definition) is 1. The molecule has 0 aliphatic carbocycles. The van der Waals surface area contributed by atoms with Gasteiger partial charge in [-0.3, -0.25) is 0 Å². The van der Waals surface area contributed by atoms with Gasteiger partial charge in [-0.2, -0.15) is 0 Å². The van der Waals surface area contributed by atoms with Crippen LogP contribution in [0, 0.1) is 5.92 Å². The zero-order valence-corrected chi connectivity index (χ0v) is 10.1. The molecule has 0 saturated carbocycles. The molecule has 14 heavy (non-hydrogen) atoms. The summed E-state index contributed by atoms with van der Waals surface area (Å²) in [5.41, 5.74) is 0.139. The summed E-state index contributed by atoms with van der Waals surface area (Å²) in [5.74, 6) is 0.636. The van der Waals surface area contributed by atoms with Crippen molar-refractivity contribution in [3.8, 4) is 0 Å².